The first-order valence-electron chi connectivity index (χ1n) is 8.27. The zero-order chi connectivity index (χ0) is 18.6. The lowest BCUT2D eigenvalue weighted by atomic mass is 10.2. The lowest BCUT2D eigenvalue weighted by molar-refractivity contribution is -0.120. The maximum absolute atomic E-state index is 12.7. The number of likely N-dealkylation sites (tertiary alicyclic amines) is 1. The number of hydrogen-bond donors (Lipinski definition) is 1. The number of carbonyl (C=O) groups is 2. The smallest absolute Gasteiger partial charge is 0.410 e. The number of hydrogen-bond acceptors (Lipinski definition) is 5. The van der Waals surface area contributed by atoms with Crippen molar-refractivity contribution in [3.05, 3.63) is 18.2 Å². The fourth-order valence-corrected chi connectivity index (χ4v) is 2.70. The highest BCUT2D eigenvalue weighted by atomic mass is 16.6. The quantitative estimate of drug-likeness (QED) is 0.903. The molecule has 1 heterocycles. The Balaban J connectivity index is 2.10. The van der Waals surface area contributed by atoms with Gasteiger partial charge in [-0.25, -0.2) is 4.79 Å². The first kappa shape index (κ1) is 18.9. The molecule has 0 saturated carbocycles. The lowest BCUT2D eigenvalue weighted by Gasteiger charge is -2.28. The van der Waals surface area contributed by atoms with Gasteiger partial charge in [0.25, 0.3) is 0 Å². The summed E-state index contributed by atoms with van der Waals surface area (Å²) in [5.41, 5.74) is -0.0655. The summed E-state index contributed by atoms with van der Waals surface area (Å²) in [6, 6.07) is 4.58. The average Bonchev–Trinajstić information content (AvgIpc) is 3.03. The highest BCUT2D eigenvalue weighted by Crippen LogP contribution is 2.30. The minimum Gasteiger partial charge on any atom is -0.497 e. The number of methoxy groups -OCH3 is 2. The first-order valence-corrected chi connectivity index (χ1v) is 8.27. The van der Waals surface area contributed by atoms with Crippen molar-refractivity contribution in [3.8, 4) is 11.5 Å². The highest BCUT2D eigenvalue weighted by Gasteiger charge is 2.36. The van der Waals surface area contributed by atoms with E-state index in [0.29, 0.717) is 30.2 Å². The van der Waals surface area contributed by atoms with Crippen molar-refractivity contribution in [1.29, 1.82) is 0 Å². The molecule has 0 radical (unpaired) electrons. The third kappa shape index (κ3) is 4.78. The van der Waals surface area contributed by atoms with Gasteiger partial charge in [0.1, 0.15) is 23.1 Å². The summed E-state index contributed by atoms with van der Waals surface area (Å²) in [4.78, 5) is 26.5. The Labute approximate surface area is 148 Å². The lowest BCUT2D eigenvalue weighted by Crippen LogP contribution is -2.45. The predicted molar refractivity (Wildman–Crippen MR) is 94.1 cm³/mol. The molecule has 7 nitrogen and oxygen atoms in total. The largest absolute Gasteiger partial charge is 0.497 e. The molecule has 2 rings (SSSR count). The molecule has 1 aromatic carbocycles. The normalized spacial score (nSPS) is 17.2. The molecule has 2 amide bonds. The number of benzene rings is 1. The Hall–Kier alpha value is -2.44. The number of anilines is 1. The van der Waals surface area contributed by atoms with Gasteiger partial charge in [-0.3, -0.25) is 9.69 Å². The van der Waals surface area contributed by atoms with Crippen molar-refractivity contribution in [2.24, 2.45) is 0 Å². The summed E-state index contributed by atoms with van der Waals surface area (Å²) in [6.45, 7) is 5.92. The maximum Gasteiger partial charge on any atom is 0.410 e. The molecule has 1 saturated heterocycles. The van der Waals surface area contributed by atoms with Crippen molar-refractivity contribution in [2.45, 2.75) is 45.3 Å². The molecule has 0 bridgehead atoms. The van der Waals surface area contributed by atoms with Gasteiger partial charge >= 0.3 is 6.09 Å². The molecule has 1 atom stereocenters. The van der Waals surface area contributed by atoms with Gasteiger partial charge in [-0.2, -0.15) is 0 Å². The topological polar surface area (TPSA) is 77.1 Å². The molecule has 1 aliphatic heterocycles. The maximum atomic E-state index is 12.7. The van der Waals surface area contributed by atoms with Crippen molar-refractivity contribution < 1.29 is 23.8 Å². The Morgan fingerprint density at radius 1 is 1.20 bits per heavy atom. The number of rotatable bonds is 4. The molecule has 0 aliphatic carbocycles. The van der Waals surface area contributed by atoms with Crippen LogP contribution in [0.2, 0.25) is 0 Å². The van der Waals surface area contributed by atoms with Crippen molar-refractivity contribution >= 4 is 17.7 Å². The van der Waals surface area contributed by atoms with Gasteiger partial charge in [0.2, 0.25) is 5.91 Å². The number of carbonyl (C=O) groups excluding carboxylic acids is 2. The van der Waals surface area contributed by atoms with E-state index in [1.807, 2.05) is 0 Å². The molecule has 1 unspecified atom stereocenters. The number of nitrogens with zero attached hydrogens (tertiary/aromatic N) is 1. The monoisotopic (exact) mass is 350 g/mol. The van der Waals surface area contributed by atoms with Gasteiger partial charge in [-0.15, -0.1) is 0 Å². The molecule has 138 valence electrons. The Bertz CT molecular complexity index is 639. The zero-order valence-electron chi connectivity index (χ0n) is 15.4. The van der Waals surface area contributed by atoms with Gasteiger partial charge in [0.05, 0.1) is 19.9 Å². The second-order valence-electron chi connectivity index (χ2n) is 6.89. The van der Waals surface area contributed by atoms with E-state index in [1.54, 1.807) is 46.1 Å². The van der Waals surface area contributed by atoms with Crippen LogP contribution in [0.15, 0.2) is 18.2 Å². The van der Waals surface area contributed by atoms with Crippen molar-refractivity contribution in [1.82, 2.24) is 4.90 Å². The van der Waals surface area contributed by atoms with Crippen LogP contribution in [0, 0.1) is 0 Å². The molecule has 1 N–H and O–H groups in total. The van der Waals surface area contributed by atoms with Crippen LogP contribution >= 0.6 is 0 Å². The molecule has 25 heavy (non-hydrogen) atoms. The second kappa shape index (κ2) is 7.63. The van der Waals surface area contributed by atoms with E-state index in [4.69, 9.17) is 14.2 Å². The molecule has 7 heteroatoms. The van der Waals surface area contributed by atoms with E-state index in [0.717, 1.165) is 6.42 Å². The third-order valence-electron chi connectivity index (χ3n) is 3.85. The highest BCUT2D eigenvalue weighted by molar-refractivity contribution is 5.98. The zero-order valence-corrected chi connectivity index (χ0v) is 15.4. The number of ether oxygens (including phenoxy) is 3. The molecule has 1 fully saturated rings. The van der Waals surface area contributed by atoms with Gasteiger partial charge in [0.15, 0.2) is 0 Å². The van der Waals surface area contributed by atoms with Gasteiger partial charge in [0, 0.05) is 12.6 Å². The van der Waals surface area contributed by atoms with Crippen LogP contribution in [0.25, 0.3) is 0 Å². The minimum absolute atomic E-state index is 0.258. The SMILES string of the molecule is COc1ccc(NC(=O)C2CCCN2C(=O)OC(C)(C)C)c(OC)c1. The van der Waals surface area contributed by atoms with E-state index in [1.165, 1.54) is 12.0 Å². The number of amides is 2. The summed E-state index contributed by atoms with van der Waals surface area (Å²) in [6.07, 6.45) is 0.896. The van der Waals surface area contributed by atoms with Gasteiger partial charge < -0.3 is 19.5 Å². The molecule has 0 spiro atoms. The van der Waals surface area contributed by atoms with Crippen LogP contribution in [0.3, 0.4) is 0 Å². The summed E-state index contributed by atoms with van der Waals surface area (Å²) in [5, 5.41) is 2.83. The summed E-state index contributed by atoms with van der Waals surface area (Å²) in [7, 11) is 3.08. The van der Waals surface area contributed by atoms with Crippen molar-refractivity contribution in [2.75, 3.05) is 26.1 Å². The van der Waals surface area contributed by atoms with Crippen LogP contribution in [-0.2, 0) is 9.53 Å². The molecule has 0 aromatic heterocycles. The second-order valence-corrected chi connectivity index (χ2v) is 6.89. The summed E-state index contributed by atoms with van der Waals surface area (Å²) >= 11 is 0. The van der Waals surface area contributed by atoms with E-state index in [2.05, 4.69) is 5.32 Å². The molecule has 1 aromatic rings. The minimum atomic E-state index is -0.597. The number of nitrogens with one attached hydrogen (secondary N) is 1. The molecular weight excluding hydrogens is 324 g/mol. The van der Waals surface area contributed by atoms with Gasteiger partial charge in [-0.05, 0) is 45.7 Å². The van der Waals surface area contributed by atoms with Crippen LogP contribution in [0.4, 0.5) is 10.5 Å². The standard InChI is InChI=1S/C18H26N2O5/c1-18(2,3)25-17(22)20-10-6-7-14(20)16(21)19-13-9-8-12(23-4)11-15(13)24-5/h8-9,11,14H,6-7,10H2,1-5H3,(H,19,21). The predicted octanol–water partition coefficient (Wildman–Crippen LogP) is 3.04. The average molecular weight is 350 g/mol. The van der Waals surface area contributed by atoms with Crippen LogP contribution < -0.4 is 14.8 Å². The summed E-state index contributed by atoms with van der Waals surface area (Å²) < 4.78 is 15.8. The van der Waals surface area contributed by atoms with Crippen molar-refractivity contribution in [3.63, 3.8) is 0 Å². The van der Waals surface area contributed by atoms with Crippen LogP contribution in [0.5, 0.6) is 11.5 Å². The van der Waals surface area contributed by atoms with Crippen LogP contribution in [0.1, 0.15) is 33.6 Å². The van der Waals surface area contributed by atoms with E-state index in [9.17, 15) is 9.59 Å². The summed E-state index contributed by atoms with van der Waals surface area (Å²) in [5.74, 6) is 0.868. The Morgan fingerprint density at radius 2 is 1.92 bits per heavy atom. The fraction of sp³-hybridized carbons (Fsp3) is 0.556. The Morgan fingerprint density at radius 3 is 2.52 bits per heavy atom. The fourth-order valence-electron chi connectivity index (χ4n) is 2.70. The molecule has 1 aliphatic rings. The van der Waals surface area contributed by atoms with E-state index in [-0.39, 0.29) is 5.91 Å². The molecular formula is C18H26N2O5. The third-order valence-corrected chi connectivity index (χ3v) is 3.85. The van der Waals surface area contributed by atoms with Gasteiger partial charge in [-0.1, -0.05) is 0 Å². The van der Waals surface area contributed by atoms with E-state index < -0.39 is 17.7 Å². The first-order chi connectivity index (χ1) is 11.7. The van der Waals surface area contributed by atoms with Crippen LogP contribution in [-0.4, -0.2) is 49.3 Å². The Kier molecular flexibility index (Phi) is 5.77. The van der Waals surface area contributed by atoms with E-state index >= 15 is 0 Å².